The van der Waals surface area contributed by atoms with E-state index in [1.165, 1.54) is 22.7 Å². The first kappa shape index (κ1) is 25.4. The van der Waals surface area contributed by atoms with Crippen molar-refractivity contribution in [3.63, 3.8) is 0 Å². The lowest BCUT2D eigenvalue weighted by Gasteiger charge is -2.23. The topological polar surface area (TPSA) is 93.7 Å². The number of nitrogens with zero attached hydrogens (tertiary/aromatic N) is 3. The van der Waals surface area contributed by atoms with E-state index in [-0.39, 0.29) is 18.8 Å². The Morgan fingerprint density at radius 2 is 1.95 bits per heavy atom. The minimum absolute atomic E-state index is 0.219. The molecular formula is C29H23N3O4S2. The monoisotopic (exact) mass is 541 g/mol. The molecule has 0 fully saturated rings. The van der Waals surface area contributed by atoms with Crippen molar-refractivity contribution in [2.75, 3.05) is 6.61 Å². The van der Waals surface area contributed by atoms with E-state index in [1.807, 2.05) is 60.0 Å². The number of hydrogen-bond acceptors (Lipinski definition) is 8. The van der Waals surface area contributed by atoms with E-state index in [4.69, 9.17) is 9.47 Å². The van der Waals surface area contributed by atoms with E-state index >= 15 is 0 Å². The van der Waals surface area contributed by atoms with E-state index in [0.29, 0.717) is 31.9 Å². The van der Waals surface area contributed by atoms with Gasteiger partial charge in [-0.15, -0.1) is 11.3 Å². The number of para-hydroxylation sites is 1. The van der Waals surface area contributed by atoms with Gasteiger partial charge >= 0.3 is 5.97 Å². The lowest BCUT2D eigenvalue weighted by molar-refractivity contribution is -0.139. The molecular weight excluding hydrogens is 518 g/mol. The van der Waals surface area contributed by atoms with Gasteiger partial charge in [-0.1, -0.05) is 53.8 Å². The fraction of sp³-hybridized carbons (Fsp3) is 0.172. The lowest BCUT2D eigenvalue weighted by Crippen LogP contribution is -2.39. The smallest absolute Gasteiger partial charge is 0.338 e. The van der Waals surface area contributed by atoms with Crippen molar-refractivity contribution in [3.05, 3.63) is 119 Å². The molecule has 2 aromatic carbocycles. The third-order valence-electron chi connectivity index (χ3n) is 6.06. The number of aromatic nitrogens is 1. The van der Waals surface area contributed by atoms with Gasteiger partial charge in [0.25, 0.3) is 5.56 Å². The van der Waals surface area contributed by atoms with Crippen LogP contribution in [0.1, 0.15) is 41.5 Å². The Labute approximate surface area is 226 Å². The molecule has 7 nitrogen and oxygen atoms in total. The van der Waals surface area contributed by atoms with Gasteiger partial charge in [-0.2, -0.15) is 5.26 Å². The number of ether oxygens (including phenoxy) is 2. The van der Waals surface area contributed by atoms with Crippen LogP contribution in [-0.2, 0) is 16.1 Å². The Balaban J connectivity index is 1.57. The number of esters is 1. The lowest BCUT2D eigenvalue weighted by atomic mass is 10.0. The second-order valence-electron chi connectivity index (χ2n) is 8.41. The molecule has 1 aliphatic heterocycles. The second kappa shape index (κ2) is 11.0. The summed E-state index contributed by atoms with van der Waals surface area (Å²) in [5.74, 6) is 0.113. The van der Waals surface area contributed by atoms with Gasteiger partial charge < -0.3 is 9.47 Å². The fourth-order valence-electron chi connectivity index (χ4n) is 4.29. The molecule has 1 atom stereocenters. The molecule has 9 heteroatoms. The first-order valence-corrected chi connectivity index (χ1v) is 13.6. The van der Waals surface area contributed by atoms with E-state index in [9.17, 15) is 14.9 Å². The summed E-state index contributed by atoms with van der Waals surface area (Å²) in [6.45, 7) is 3.97. The van der Waals surface area contributed by atoms with E-state index in [1.54, 1.807) is 30.6 Å². The zero-order valence-corrected chi connectivity index (χ0v) is 22.3. The number of hydrogen-bond donors (Lipinski definition) is 0. The molecule has 0 unspecified atom stereocenters. The summed E-state index contributed by atoms with van der Waals surface area (Å²) in [6, 6.07) is 20.1. The first-order valence-electron chi connectivity index (χ1n) is 11.9. The Kier molecular flexibility index (Phi) is 7.36. The highest BCUT2D eigenvalue weighted by molar-refractivity contribution is 7.10. The summed E-state index contributed by atoms with van der Waals surface area (Å²) in [5, 5.41) is 11.3. The van der Waals surface area contributed by atoms with Crippen LogP contribution in [0.15, 0.2) is 87.1 Å². The molecule has 0 radical (unpaired) electrons. The number of carbonyl (C=O) groups is 1. The average Bonchev–Trinajstić information content (AvgIpc) is 3.56. The number of thiazole rings is 1. The average molecular weight is 542 g/mol. The zero-order valence-electron chi connectivity index (χ0n) is 20.7. The number of fused-ring (bicyclic) bond motifs is 1. The fourth-order valence-corrected chi connectivity index (χ4v) is 6.15. The molecule has 0 saturated carbocycles. The van der Waals surface area contributed by atoms with Gasteiger partial charge in [-0.3, -0.25) is 9.36 Å². The summed E-state index contributed by atoms with van der Waals surface area (Å²) < 4.78 is 13.4. The molecule has 0 amide bonds. The van der Waals surface area contributed by atoms with Crippen molar-refractivity contribution >= 4 is 34.7 Å². The van der Waals surface area contributed by atoms with Crippen LogP contribution in [0.3, 0.4) is 0 Å². The Bertz CT molecular complexity index is 1760. The van der Waals surface area contributed by atoms with Gasteiger partial charge in [-0.25, -0.2) is 9.79 Å². The van der Waals surface area contributed by atoms with Crippen molar-refractivity contribution in [1.29, 1.82) is 5.26 Å². The van der Waals surface area contributed by atoms with Crippen LogP contribution in [0.5, 0.6) is 5.75 Å². The van der Waals surface area contributed by atoms with Gasteiger partial charge in [0.1, 0.15) is 18.4 Å². The summed E-state index contributed by atoms with van der Waals surface area (Å²) >= 11 is 2.74. The Morgan fingerprint density at radius 3 is 2.71 bits per heavy atom. The molecule has 1 aliphatic rings. The van der Waals surface area contributed by atoms with Crippen molar-refractivity contribution in [3.8, 4) is 11.8 Å². The van der Waals surface area contributed by atoms with Crippen LogP contribution >= 0.6 is 22.7 Å². The third kappa shape index (κ3) is 4.84. The van der Waals surface area contributed by atoms with E-state index < -0.39 is 12.0 Å². The van der Waals surface area contributed by atoms with Crippen LogP contribution in [0.4, 0.5) is 0 Å². The molecule has 190 valence electrons. The van der Waals surface area contributed by atoms with Crippen LogP contribution in [0.25, 0.3) is 6.08 Å². The summed E-state index contributed by atoms with van der Waals surface area (Å²) in [4.78, 5) is 32.7. The zero-order chi connectivity index (χ0) is 26.6. The number of nitriles is 1. The quantitative estimate of drug-likeness (QED) is 0.325. The molecule has 0 N–H and O–H groups in total. The SMILES string of the molecule is CCOC(=O)C1=C(C)N=c2s/c(=C\c3ccccc3OCc3ccccc3C#N)c(=O)n2[C@H]1c1cccs1. The van der Waals surface area contributed by atoms with Crippen LogP contribution in [0.2, 0.25) is 0 Å². The largest absolute Gasteiger partial charge is 0.488 e. The number of carbonyl (C=O) groups excluding carboxylic acids is 1. The van der Waals surface area contributed by atoms with Crippen LogP contribution in [-0.4, -0.2) is 17.1 Å². The highest BCUT2D eigenvalue weighted by atomic mass is 32.1. The summed E-state index contributed by atoms with van der Waals surface area (Å²) in [7, 11) is 0. The second-order valence-corrected chi connectivity index (χ2v) is 10.4. The highest BCUT2D eigenvalue weighted by Crippen LogP contribution is 2.33. The van der Waals surface area contributed by atoms with E-state index in [0.717, 1.165) is 16.0 Å². The van der Waals surface area contributed by atoms with Crippen molar-refractivity contribution in [2.45, 2.75) is 26.5 Å². The maximum atomic E-state index is 13.8. The van der Waals surface area contributed by atoms with Gasteiger partial charge in [0, 0.05) is 16.0 Å². The van der Waals surface area contributed by atoms with Crippen molar-refractivity contribution < 1.29 is 14.3 Å². The number of allylic oxidation sites excluding steroid dienone is 1. The predicted octanol–water partition coefficient (Wildman–Crippen LogP) is 4.31. The number of benzene rings is 2. The van der Waals surface area contributed by atoms with Crippen LogP contribution in [0, 0.1) is 11.3 Å². The highest BCUT2D eigenvalue weighted by Gasteiger charge is 2.33. The molecule has 0 saturated heterocycles. The Morgan fingerprint density at radius 1 is 1.16 bits per heavy atom. The van der Waals surface area contributed by atoms with Crippen LogP contribution < -0.4 is 19.6 Å². The minimum Gasteiger partial charge on any atom is -0.488 e. The molecule has 0 bridgehead atoms. The first-order chi connectivity index (χ1) is 18.5. The van der Waals surface area contributed by atoms with Crippen molar-refractivity contribution in [2.24, 2.45) is 4.99 Å². The predicted molar refractivity (Wildman–Crippen MR) is 147 cm³/mol. The minimum atomic E-state index is -0.610. The third-order valence-corrected chi connectivity index (χ3v) is 7.96. The maximum Gasteiger partial charge on any atom is 0.338 e. The number of rotatable bonds is 7. The van der Waals surface area contributed by atoms with Gasteiger partial charge in [0.2, 0.25) is 0 Å². The molecule has 5 rings (SSSR count). The van der Waals surface area contributed by atoms with Gasteiger partial charge in [-0.05, 0) is 43.5 Å². The molecule has 0 spiro atoms. The van der Waals surface area contributed by atoms with Gasteiger partial charge in [0.15, 0.2) is 4.80 Å². The molecule has 2 aromatic heterocycles. The van der Waals surface area contributed by atoms with E-state index in [2.05, 4.69) is 11.1 Å². The van der Waals surface area contributed by atoms with Crippen molar-refractivity contribution in [1.82, 2.24) is 4.57 Å². The molecule has 0 aliphatic carbocycles. The Hall–Kier alpha value is -4.26. The number of thiophene rings is 1. The molecule has 3 heterocycles. The summed E-state index contributed by atoms with van der Waals surface area (Å²) in [5.41, 5.74) is 2.72. The normalized spacial score (nSPS) is 15.0. The molecule has 38 heavy (non-hydrogen) atoms. The summed E-state index contributed by atoms with van der Waals surface area (Å²) in [6.07, 6.45) is 1.78. The molecule has 4 aromatic rings. The van der Waals surface area contributed by atoms with Gasteiger partial charge in [0.05, 0.1) is 34.0 Å². The standard InChI is InChI=1S/C29H23N3O4S2/c1-3-35-28(34)25-18(2)31-29-32(26(25)23-13-8-14-37-23)27(33)24(38-29)15-19-9-6-7-12-22(19)36-17-21-11-5-4-10-20(21)16-30/h4-15,26H,3,17H2,1-2H3/b24-15-/t26-/m0/s1. The maximum absolute atomic E-state index is 13.8.